The normalized spacial score (nSPS) is 18.4. The first-order valence-electron chi connectivity index (χ1n) is 11.2. The number of nitrogens with two attached hydrogens (primary N) is 1. The molecule has 172 valence electrons. The van der Waals surface area contributed by atoms with Gasteiger partial charge in [-0.2, -0.15) is 5.10 Å². The molecule has 11 heteroatoms. The van der Waals surface area contributed by atoms with Crippen LogP contribution in [0, 0.1) is 22.0 Å². The molecule has 0 spiro atoms. The van der Waals surface area contributed by atoms with Crippen molar-refractivity contribution in [1.82, 2.24) is 14.9 Å². The fraction of sp³-hybridized carbons (Fsp3) is 0.571. The molecule has 2 saturated heterocycles. The maximum Gasteiger partial charge on any atom is 0.293 e. The average Bonchev–Trinajstić information content (AvgIpc) is 3.19. The van der Waals surface area contributed by atoms with Crippen molar-refractivity contribution in [3.8, 4) is 0 Å². The van der Waals surface area contributed by atoms with Crippen LogP contribution < -0.4 is 21.1 Å². The van der Waals surface area contributed by atoms with Gasteiger partial charge in [-0.15, -0.1) is 10.2 Å². The zero-order valence-electron chi connectivity index (χ0n) is 18.6. The van der Waals surface area contributed by atoms with Crippen LogP contribution in [0.25, 0.3) is 0 Å². The van der Waals surface area contributed by atoms with Crippen LogP contribution in [0.5, 0.6) is 0 Å². The number of anilines is 3. The van der Waals surface area contributed by atoms with Crippen LogP contribution in [0.1, 0.15) is 45.1 Å². The number of hydrazone groups is 1. The Labute approximate surface area is 187 Å². The molecule has 0 atom stereocenters. The van der Waals surface area contributed by atoms with Crippen molar-refractivity contribution < 1.29 is 4.92 Å². The van der Waals surface area contributed by atoms with Crippen LogP contribution in [-0.2, 0) is 0 Å². The summed E-state index contributed by atoms with van der Waals surface area (Å²) in [7, 11) is 0. The Morgan fingerprint density at radius 3 is 2.22 bits per heavy atom. The number of nitrogens with one attached hydrogen (secondary N) is 1. The molecule has 0 saturated carbocycles. The number of nitro groups is 1. The van der Waals surface area contributed by atoms with Gasteiger partial charge >= 0.3 is 0 Å². The topological polar surface area (TPSA) is 131 Å². The highest BCUT2D eigenvalue weighted by molar-refractivity contribution is 5.92. The Kier molecular flexibility index (Phi) is 6.42. The van der Waals surface area contributed by atoms with Crippen LogP contribution >= 0.6 is 0 Å². The summed E-state index contributed by atoms with van der Waals surface area (Å²) in [5.74, 6) is 7.32. The molecule has 2 fully saturated rings. The molecule has 32 heavy (non-hydrogen) atoms. The Morgan fingerprint density at radius 1 is 1.09 bits per heavy atom. The van der Waals surface area contributed by atoms with Gasteiger partial charge in [-0.1, -0.05) is 13.8 Å². The maximum atomic E-state index is 12.0. The smallest absolute Gasteiger partial charge is 0.293 e. The van der Waals surface area contributed by atoms with Crippen LogP contribution in [0.3, 0.4) is 0 Å². The highest BCUT2D eigenvalue weighted by atomic mass is 16.6. The summed E-state index contributed by atoms with van der Waals surface area (Å²) in [4.78, 5) is 16.2. The van der Waals surface area contributed by atoms with Gasteiger partial charge in [0.25, 0.3) is 11.6 Å². The molecule has 0 unspecified atom stereocenters. The van der Waals surface area contributed by atoms with E-state index >= 15 is 0 Å². The molecule has 11 nitrogen and oxygen atoms in total. The van der Waals surface area contributed by atoms with Gasteiger partial charge < -0.3 is 15.6 Å². The van der Waals surface area contributed by atoms with Gasteiger partial charge in [0.1, 0.15) is 12.0 Å². The molecule has 2 aromatic rings. The Morgan fingerprint density at radius 2 is 1.69 bits per heavy atom. The fourth-order valence-electron chi connectivity index (χ4n) is 4.34. The molecular weight excluding hydrogens is 410 g/mol. The SMILES string of the molecule is CC1CCN(c2cc(N3CCC(C)CC3)c([N+](=O)[O-])cc2/C=N/Nc2nncn2N)CC1. The Hall–Kier alpha value is -3.37. The first-order valence-corrected chi connectivity index (χ1v) is 11.2. The summed E-state index contributed by atoms with van der Waals surface area (Å²) in [6, 6.07) is 3.62. The lowest BCUT2D eigenvalue weighted by molar-refractivity contribution is -0.384. The molecular formula is C21H31N9O2. The third kappa shape index (κ3) is 4.76. The van der Waals surface area contributed by atoms with Crippen LogP contribution in [-0.4, -0.2) is 52.2 Å². The van der Waals surface area contributed by atoms with E-state index in [2.05, 4.69) is 44.4 Å². The van der Waals surface area contributed by atoms with E-state index in [0.29, 0.717) is 23.1 Å². The molecule has 0 bridgehead atoms. The Balaban J connectivity index is 1.70. The van der Waals surface area contributed by atoms with Gasteiger partial charge in [0.05, 0.1) is 11.1 Å². The van der Waals surface area contributed by atoms with Gasteiger partial charge in [0.2, 0.25) is 0 Å². The number of nitrogens with zero attached hydrogens (tertiary/aromatic N) is 7. The number of nitrogen functional groups attached to an aromatic ring is 1. The van der Waals surface area contributed by atoms with E-state index in [0.717, 1.165) is 57.5 Å². The summed E-state index contributed by atoms with van der Waals surface area (Å²) in [5.41, 5.74) is 5.21. The molecule has 2 aliphatic heterocycles. The van der Waals surface area contributed by atoms with E-state index < -0.39 is 0 Å². The predicted molar refractivity (Wildman–Crippen MR) is 126 cm³/mol. The van der Waals surface area contributed by atoms with E-state index in [1.165, 1.54) is 11.0 Å². The number of hydrogen-bond donors (Lipinski definition) is 2. The zero-order valence-corrected chi connectivity index (χ0v) is 18.6. The van der Waals surface area contributed by atoms with Crippen LogP contribution in [0.4, 0.5) is 23.0 Å². The van der Waals surface area contributed by atoms with Crippen molar-refractivity contribution in [2.45, 2.75) is 39.5 Å². The second-order valence-electron chi connectivity index (χ2n) is 8.93. The van der Waals surface area contributed by atoms with Gasteiger partial charge in [0.15, 0.2) is 0 Å². The summed E-state index contributed by atoms with van der Waals surface area (Å²) >= 11 is 0. The molecule has 1 aromatic carbocycles. The number of piperidine rings is 2. The van der Waals surface area contributed by atoms with Gasteiger partial charge in [-0.05, 0) is 43.6 Å². The summed E-state index contributed by atoms with van der Waals surface area (Å²) in [5, 5.41) is 23.7. The number of benzene rings is 1. The molecule has 0 aliphatic carbocycles. The first-order chi connectivity index (χ1) is 15.4. The zero-order chi connectivity index (χ0) is 22.7. The quantitative estimate of drug-likeness (QED) is 0.303. The maximum absolute atomic E-state index is 12.0. The first kappa shape index (κ1) is 21.8. The van der Waals surface area contributed by atoms with Gasteiger partial charge in [-0.3, -0.25) is 10.1 Å². The average molecular weight is 442 g/mol. The standard InChI is InChI=1S/C21H31N9O2/c1-15-3-7-27(8-4-15)18-12-19(28-9-5-16(2)6-10-28)20(30(31)32)11-17(18)13-23-25-21-26-24-14-29(21)22/h11-16H,3-10,22H2,1-2H3,(H,25,26)/b23-13+. The van der Waals surface area contributed by atoms with Crippen molar-refractivity contribution in [3.63, 3.8) is 0 Å². The molecule has 1 aromatic heterocycles. The lowest BCUT2D eigenvalue weighted by atomic mass is 9.96. The number of aromatic nitrogens is 3. The van der Waals surface area contributed by atoms with Crippen molar-refractivity contribution in [2.75, 3.05) is 47.2 Å². The van der Waals surface area contributed by atoms with Gasteiger partial charge in [0, 0.05) is 43.5 Å². The molecule has 4 rings (SSSR count). The van der Waals surface area contributed by atoms with Crippen molar-refractivity contribution >= 4 is 29.2 Å². The minimum atomic E-state index is -0.295. The van der Waals surface area contributed by atoms with Crippen LogP contribution in [0.2, 0.25) is 0 Å². The number of hydrogen-bond acceptors (Lipinski definition) is 9. The summed E-state index contributed by atoms with van der Waals surface area (Å²) in [6.07, 6.45) is 7.23. The van der Waals surface area contributed by atoms with E-state index in [4.69, 9.17) is 5.84 Å². The lowest BCUT2D eigenvalue weighted by Gasteiger charge is -2.35. The fourth-order valence-corrected chi connectivity index (χ4v) is 4.34. The molecule has 3 heterocycles. The molecule has 2 aliphatic rings. The minimum absolute atomic E-state index is 0.108. The van der Waals surface area contributed by atoms with E-state index in [-0.39, 0.29) is 16.6 Å². The van der Waals surface area contributed by atoms with E-state index in [9.17, 15) is 10.1 Å². The second-order valence-corrected chi connectivity index (χ2v) is 8.93. The summed E-state index contributed by atoms with van der Waals surface area (Å²) < 4.78 is 1.22. The monoisotopic (exact) mass is 441 g/mol. The van der Waals surface area contributed by atoms with Gasteiger partial charge in [-0.25, -0.2) is 10.1 Å². The summed E-state index contributed by atoms with van der Waals surface area (Å²) in [6.45, 7) is 8.00. The largest absolute Gasteiger partial charge is 0.371 e. The van der Waals surface area contributed by atoms with Crippen molar-refractivity contribution in [2.24, 2.45) is 16.9 Å². The highest BCUT2D eigenvalue weighted by Crippen LogP contribution is 2.38. The molecule has 0 amide bonds. The third-order valence-corrected chi connectivity index (χ3v) is 6.51. The lowest BCUT2D eigenvalue weighted by Crippen LogP contribution is -2.35. The van der Waals surface area contributed by atoms with E-state index in [1.54, 1.807) is 12.3 Å². The number of nitro benzene ring substituents is 1. The predicted octanol–water partition coefficient (Wildman–Crippen LogP) is 2.82. The molecule has 0 radical (unpaired) electrons. The van der Waals surface area contributed by atoms with Crippen LogP contribution in [0.15, 0.2) is 23.6 Å². The third-order valence-electron chi connectivity index (χ3n) is 6.51. The second kappa shape index (κ2) is 9.41. The number of rotatable bonds is 6. The Bertz CT molecular complexity index is 974. The van der Waals surface area contributed by atoms with E-state index in [1.807, 2.05) is 6.07 Å². The highest BCUT2D eigenvalue weighted by Gasteiger charge is 2.27. The molecule has 3 N–H and O–H groups in total. The minimum Gasteiger partial charge on any atom is -0.371 e. The van der Waals surface area contributed by atoms with Crippen molar-refractivity contribution in [1.29, 1.82) is 0 Å². The van der Waals surface area contributed by atoms with Crippen molar-refractivity contribution in [3.05, 3.63) is 34.1 Å².